The van der Waals surface area contributed by atoms with E-state index in [-0.39, 0.29) is 5.60 Å². The van der Waals surface area contributed by atoms with Crippen LogP contribution in [0.25, 0.3) is 0 Å². The molecule has 6 atom stereocenters. The molecule has 6 unspecified atom stereocenters. The van der Waals surface area contributed by atoms with E-state index in [1.54, 1.807) is 0 Å². The van der Waals surface area contributed by atoms with Gasteiger partial charge in [0.25, 0.3) is 0 Å². The Morgan fingerprint density at radius 3 is 2.80 bits per heavy atom. The van der Waals surface area contributed by atoms with Gasteiger partial charge in [0.05, 0.1) is 12.2 Å². The molecule has 0 aromatic carbocycles. The predicted octanol–water partition coefficient (Wildman–Crippen LogP) is 2.74. The normalized spacial score (nSPS) is 49.0. The Labute approximate surface area is 122 Å². The number of ether oxygens (including phenoxy) is 2. The largest absolute Gasteiger partial charge is 0.378 e. The van der Waals surface area contributed by atoms with Crippen LogP contribution < -0.4 is 5.32 Å². The molecule has 2 bridgehead atoms. The molecule has 3 heteroatoms. The molecule has 2 aliphatic heterocycles. The summed E-state index contributed by atoms with van der Waals surface area (Å²) < 4.78 is 11.6. The first-order chi connectivity index (χ1) is 9.74. The molecule has 4 rings (SSSR count). The minimum atomic E-state index is 0.0459. The topological polar surface area (TPSA) is 30.5 Å². The average Bonchev–Trinajstić information content (AvgIpc) is 3.15. The van der Waals surface area contributed by atoms with Gasteiger partial charge in [-0.05, 0) is 56.8 Å². The first kappa shape index (κ1) is 13.5. The van der Waals surface area contributed by atoms with Crippen molar-refractivity contribution in [3.8, 4) is 0 Å². The van der Waals surface area contributed by atoms with Gasteiger partial charge >= 0.3 is 0 Å². The summed E-state index contributed by atoms with van der Waals surface area (Å²) in [6.07, 6.45) is 9.41. The van der Waals surface area contributed by atoms with E-state index in [9.17, 15) is 0 Å². The van der Waals surface area contributed by atoms with Crippen LogP contribution in [0.4, 0.5) is 0 Å². The van der Waals surface area contributed by atoms with Gasteiger partial charge in [0.2, 0.25) is 0 Å². The smallest absolute Gasteiger partial charge is 0.0951 e. The van der Waals surface area contributed by atoms with Gasteiger partial charge in [-0.25, -0.2) is 0 Å². The molecule has 2 aliphatic carbocycles. The molecule has 0 radical (unpaired) electrons. The SMILES string of the molecule is CC(NC1CCOC2(CCOC2)C1)C1CC2CCC1C2. The molecule has 20 heavy (non-hydrogen) atoms. The van der Waals surface area contributed by atoms with Crippen molar-refractivity contribution in [3.05, 3.63) is 0 Å². The maximum atomic E-state index is 6.05. The number of hydrogen-bond donors (Lipinski definition) is 1. The lowest BCUT2D eigenvalue weighted by atomic mass is 9.82. The molecule has 2 saturated heterocycles. The van der Waals surface area contributed by atoms with Crippen molar-refractivity contribution < 1.29 is 9.47 Å². The van der Waals surface area contributed by atoms with Crippen molar-refractivity contribution in [3.63, 3.8) is 0 Å². The lowest BCUT2D eigenvalue weighted by Gasteiger charge is -2.40. The van der Waals surface area contributed by atoms with Crippen LogP contribution in [0, 0.1) is 17.8 Å². The fourth-order valence-electron chi connectivity index (χ4n) is 5.44. The Morgan fingerprint density at radius 1 is 1.15 bits per heavy atom. The highest BCUT2D eigenvalue weighted by Gasteiger charge is 2.44. The monoisotopic (exact) mass is 279 g/mol. The Morgan fingerprint density at radius 2 is 2.10 bits per heavy atom. The highest BCUT2D eigenvalue weighted by molar-refractivity contribution is 4.97. The summed E-state index contributed by atoms with van der Waals surface area (Å²) in [5, 5.41) is 3.96. The Kier molecular flexibility index (Phi) is 3.56. The van der Waals surface area contributed by atoms with E-state index >= 15 is 0 Å². The summed E-state index contributed by atoms with van der Waals surface area (Å²) >= 11 is 0. The lowest BCUT2D eigenvalue weighted by Crippen LogP contribution is -2.51. The second kappa shape index (κ2) is 5.26. The van der Waals surface area contributed by atoms with E-state index in [4.69, 9.17) is 9.47 Å². The van der Waals surface area contributed by atoms with Gasteiger partial charge in [0, 0.05) is 31.7 Å². The maximum absolute atomic E-state index is 6.05. The molecular formula is C17H29NO2. The van der Waals surface area contributed by atoms with E-state index in [0.29, 0.717) is 12.1 Å². The van der Waals surface area contributed by atoms with E-state index in [1.807, 2.05) is 0 Å². The van der Waals surface area contributed by atoms with Gasteiger partial charge in [-0.15, -0.1) is 0 Å². The third-order valence-corrected chi connectivity index (χ3v) is 6.49. The minimum Gasteiger partial charge on any atom is -0.378 e. The van der Waals surface area contributed by atoms with Crippen molar-refractivity contribution in [2.75, 3.05) is 19.8 Å². The fourth-order valence-corrected chi connectivity index (χ4v) is 5.44. The fraction of sp³-hybridized carbons (Fsp3) is 1.00. The van der Waals surface area contributed by atoms with E-state index in [0.717, 1.165) is 50.4 Å². The summed E-state index contributed by atoms with van der Waals surface area (Å²) in [4.78, 5) is 0. The predicted molar refractivity (Wildman–Crippen MR) is 78.7 cm³/mol. The average molecular weight is 279 g/mol. The summed E-state index contributed by atoms with van der Waals surface area (Å²) in [5.74, 6) is 3.01. The summed E-state index contributed by atoms with van der Waals surface area (Å²) in [7, 11) is 0. The minimum absolute atomic E-state index is 0.0459. The molecular weight excluding hydrogens is 250 g/mol. The second-order valence-corrected chi connectivity index (χ2v) is 7.82. The van der Waals surface area contributed by atoms with Crippen LogP contribution in [-0.2, 0) is 9.47 Å². The first-order valence-electron chi connectivity index (χ1n) is 8.72. The number of fused-ring (bicyclic) bond motifs is 2. The number of nitrogens with one attached hydrogen (secondary N) is 1. The molecule has 114 valence electrons. The van der Waals surface area contributed by atoms with E-state index in [2.05, 4.69) is 12.2 Å². The molecule has 2 heterocycles. The van der Waals surface area contributed by atoms with Crippen LogP contribution in [0.1, 0.15) is 51.9 Å². The third kappa shape index (κ3) is 2.42. The van der Waals surface area contributed by atoms with Crippen LogP contribution in [-0.4, -0.2) is 37.5 Å². The zero-order chi connectivity index (χ0) is 13.6. The van der Waals surface area contributed by atoms with Crippen molar-refractivity contribution in [1.82, 2.24) is 5.32 Å². The quantitative estimate of drug-likeness (QED) is 0.861. The molecule has 1 spiro atoms. The van der Waals surface area contributed by atoms with Crippen molar-refractivity contribution in [2.45, 2.75) is 69.6 Å². The molecule has 0 aromatic rings. The molecule has 4 aliphatic rings. The Bertz CT molecular complexity index is 353. The maximum Gasteiger partial charge on any atom is 0.0951 e. The van der Waals surface area contributed by atoms with E-state index < -0.39 is 0 Å². The van der Waals surface area contributed by atoms with Crippen LogP contribution >= 0.6 is 0 Å². The second-order valence-electron chi connectivity index (χ2n) is 7.82. The van der Waals surface area contributed by atoms with Crippen molar-refractivity contribution in [1.29, 1.82) is 0 Å². The molecule has 1 N–H and O–H groups in total. The van der Waals surface area contributed by atoms with Crippen molar-refractivity contribution >= 4 is 0 Å². The van der Waals surface area contributed by atoms with Crippen molar-refractivity contribution in [2.24, 2.45) is 17.8 Å². The van der Waals surface area contributed by atoms with Crippen LogP contribution in [0.2, 0.25) is 0 Å². The highest BCUT2D eigenvalue weighted by atomic mass is 16.6. The van der Waals surface area contributed by atoms with Gasteiger partial charge in [-0.2, -0.15) is 0 Å². The summed E-state index contributed by atoms with van der Waals surface area (Å²) in [5.41, 5.74) is 0.0459. The summed E-state index contributed by atoms with van der Waals surface area (Å²) in [6, 6.07) is 1.33. The molecule has 0 aromatic heterocycles. The first-order valence-corrected chi connectivity index (χ1v) is 8.72. The summed E-state index contributed by atoms with van der Waals surface area (Å²) in [6.45, 7) is 5.03. The van der Waals surface area contributed by atoms with Gasteiger partial charge in [0.1, 0.15) is 0 Å². The van der Waals surface area contributed by atoms with Gasteiger partial charge in [-0.1, -0.05) is 6.42 Å². The molecule has 2 saturated carbocycles. The Balaban J connectivity index is 1.34. The molecule has 0 amide bonds. The number of hydrogen-bond acceptors (Lipinski definition) is 3. The van der Waals surface area contributed by atoms with Gasteiger partial charge < -0.3 is 14.8 Å². The Hall–Kier alpha value is -0.120. The zero-order valence-corrected chi connectivity index (χ0v) is 12.8. The molecule has 3 nitrogen and oxygen atoms in total. The highest BCUT2D eigenvalue weighted by Crippen LogP contribution is 2.49. The molecule has 4 fully saturated rings. The van der Waals surface area contributed by atoms with Gasteiger partial charge in [0.15, 0.2) is 0 Å². The standard InChI is InChI=1S/C17H29NO2/c1-12(16-9-13-2-3-14(16)8-13)18-15-4-6-20-17(10-15)5-7-19-11-17/h12-16,18H,2-11H2,1H3. The van der Waals surface area contributed by atoms with Crippen LogP contribution in [0.3, 0.4) is 0 Å². The van der Waals surface area contributed by atoms with E-state index in [1.165, 1.54) is 32.1 Å². The number of rotatable bonds is 3. The van der Waals surface area contributed by atoms with Crippen LogP contribution in [0.15, 0.2) is 0 Å². The third-order valence-electron chi connectivity index (χ3n) is 6.49. The zero-order valence-electron chi connectivity index (χ0n) is 12.8. The van der Waals surface area contributed by atoms with Gasteiger partial charge in [-0.3, -0.25) is 0 Å². The van der Waals surface area contributed by atoms with Crippen LogP contribution in [0.5, 0.6) is 0 Å². The lowest BCUT2D eigenvalue weighted by molar-refractivity contribution is -0.0909.